The molecule has 0 aliphatic carbocycles. The third-order valence-electron chi connectivity index (χ3n) is 4.93. The van der Waals surface area contributed by atoms with Gasteiger partial charge in [0.2, 0.25) is 5.91 Å². The summed E-state index contributed by atoms with van der Waals surface area (Å²) in [4.78, 5) is 42.1. The van der Waals surface area contributed by atoms with Gasteiger partial charge in [-0.15, -0.1) is 0 Å². The van der Waals surface area contributed by atoms with Crippen molar-refractivity contribution in [2.45, 2.75) is 12.5 Å². The number of β-amino-alcohol motifs (C(OH)–C–C–N with tert-alkyl or cyclic N) is 1. The Balaban J connectivity index is 1.68. The number of rotatable bonds is 5. The van der Waals surface area contributed by atoms with E-state index in [-0.39, 0.29) is 24.8 Å². The molecule has 1 aromatic carbocycles. The number of ether oxygens (including phenoxy) is 1. The zero-order chi connectivity index (χ0) is 18.7. The second kappa shape index (κ2) is 7.94. The van der Waals surface area contributed by atoms with Gasteiger partial charge in [0.25, 0.3) is 5.91 Å². The molecule has 2 fully saturated rings. The van der Waals surface area contributed by atoms with Crippen molar-refractivity contribution >= 4 is 23.5 Å². The number of carbonyl (C=O) groups excluding carboxylic acids is 3. The summed E-state index contributed by atoms with van der Waals surface area (Å²) in [7, 11) is 1.30. The van der Waals surface area contributed by atoms with Gasteiger partial charge in [0.15, 0.2) is 0 Å². The molecule has 8 nitrogen and oxygen atoms in total. The first-order valence-corrected chi connectivity index (χ1v) is 8.67. The third-order valence-corrected chi connectivity index (χ3v) is 4.93. The molecule has 1 N–H and O–H groups in total. The lowest BCUT2D eigenvalue weighted by Gasteiger charge is -2.36. The van der Waals surface area contributed by atoms with Crippen molar-refractivity contribution in [1.29, 1.82) is 0 Å². The van der Waals surface area contributed by atoms with Gasteiger partial charge < -0.3 is 9.84 Å². The van der Waals surface area contributed by atoms with Gasteiger partial charge in [-0.3, -0.25) is 19.4 Å². The average Bonchev–Trinajstić information content (AvgIpc) is 2.96. The lowest BCUT2D eigenvalue weighted by atomic mass is 10.1. The highest BCUT2D eigenvalue weighted by Crippen LogP contribution is 2.26. The molecule has 2 aliphatic rings. The van der Waals surface area contributed by atoms with Crippen LogP contribution < -0.4 is 4.90 Å². The number of aliphatic hydroxyl groups excluding tert-OH is 1. The number of nitrogens with zero attached hydrogens (tertiary/aromatic N) is 3. The number of hydrogen-bond acceptors (Lipinski definition) is 7. The van der Waals surface area contributed by atoms with Crippen molar-refractivity contribution in [3.63, 3.8) is 0 Å². The van der Waals surface area contributed by atoms with Crippen LogP contribution in [0.15, 0.2) is 24.3 Å². The fourth-order valence-corrected chi connectivity index (χ4v) is 3.48. The fourth-order valence-electron chi connectivity index (χ4n) is 3.48. The Bertz CT molecular complexity index is 683. The monoisotopic (exact) mass is 361 g/mol. The highest BCUT2D eigenvalue weighted by molar-refractivity contribution is 6.22. The minimum Gasteiger partial charge on any atom is -0.465 e. The Morgan fingerprint density at radius 3 is 2.38 bits per heavy atom. The molecule has 0 bridgehead atoms. The Kier molecular flexibility index (Phi) is 5.65. The number of methoxy groups -OCH3 is 1. The molecule has 0 unspecified atom stereocenters. The quantitative estimate of drug-likeness (QED) is 0.570. The van der Waals surface area contributed by atoms with Gasteiger partial charge in [-0.25, -0.2) is 9.69 Å². The largest absolute Gasteiger partial charge is 0.465 e. The summed E-state index contributed by atoms with van der Waals surface area (Å²) in [6.45, 7) is 3.68. The molecule has 0 aromatic heterocycles. The summed E-state index contributed by atoms with van der Waals surface area (Å²) in [5.41, 5.74) is 0.834. The molecule has 2 amide bonds. The Morgan fingerprint density at radius 1 is 1.15 bits per heavy atom. The normalized spacial score (nSPS) is 22.1. The number of benzene rings is 1. The maximum atomic E-state index is 12.8. The topological polar surface area (TPSA) is 90.4 Å². The van der Waals surface area contributed by atoms with E-state index in [2.05, 4.69) is 9.64 Å². The van der Waals surface area contributed by atoms with Gasteiger partial charge in [-0.05, 0) is 24.3 Å². The van der Waals surface area contributed by atoms with E-state index in [1.54, 1.807) is 24.3 Å². The van der Waals surface area contributed by atoms with Gasteiger partial charge >= 0.3 is 5.97 Å². The van der Waals surface area contributed by atoms with Crippen LogP contribution in [0.5, 0.6) is 0 Å². The van der Waals surface area contributed by atoms with Crippen molar-refractivity contribution in [3.05, 3.63) is 29.8 Å². The fraction of sp³-hybridized carbons (Fsp3) is 0.500. The van der Waals surface area contributed by atoms with E-state index in [4.69, 9.17) is 5.11 Å². The van der Waals surface area contributed by atoms with Crippen LogP contribution >= 0.6 is 0 Å². The van der Waals surface area contributed by atoms with E-state index in [1.165, 1.54) is 12.0 Å². The van der Waals surface area contributed by atoms with Crippen LogP contribution in [0.4, 0.5) is 5.69 Å². The molecule has 0 spiro atoms. The maximum Gasteiger partial charge on any atom is 0.337 e. The van der Waals surface area contributed by atoms with Crippen LogP contribution in [-0.4, -0.2) is 85.2 Å². The molecular weight excluding hydrogens is 338 g/mol. The van der Waals surface area contributed by atoms with Crippen LogP contribution in [0, 0.1) is 0 Å². The number of aliphatic hydroxyl groups is 1. The lowest BCUT2D eigenvalue weighted by molar-refractivity contribution is -0.123. The van der Waals surface area contributed by atoms with E-state index < -0.39 is 12.0 Å². The van der Waals surface area contributed by atoms with Crippen molar-refractivity contribution in [2.24, 2.45) is 0 Å². The molecule has 1 atom stereocenters. The second-order valence-electron chi connectivity index (χ2n) is 6.43. The molecule has 8 heteroatoms. The Labute approximate surface area is 151 Å². The first kappa shape index (κ1) is 18.5. The molecule has 2 saturated heterocycles. The third kappa shape index (κ3) is 3.62. The van der Waals surface area contributed by atoms with Crippen molar-refractivity contribution in [1.82, 2.24) is 9.80 Å². The van der Waals surface area contributed by atoms with Crippen molar-refractivity contribution in [2.75, 3.05) is 51.3 Å². The van der Waals surface area contributed by atoms with E-state index in [9.17, 15) is 14.4 Å². The van der Waals surface area contributed by atoms with Crippen molar-refractivity contribution < 1.29 is 24.2 Å². The highest BCUT2D eigenvalue weighted by atomic mass is 16.5. The first-order chi connectivity index (χ1) is 12.5. The molecule has 140 valence electrons. The molecule has 3 rings (SSSR count). The molecule has 2 heterocycles. The van der Waals surface area contributed by atoms with E-state index in [0.717, 1.165) is 13.1 Å². The van der Waals surface area contributed by atoms with Gasteiger partial charge in [0.1, 0.15) is 0 Å². The van der Waals surface area contributed by atoms with Gasteiger partial charge in [-0.1, -0.05) is 0 Å². The van der Waals surface area contributed by atoms with Crippen molar-refractivity contribution in [3.8, 4) is 0 Å². The SMILES string of the molecule is COC(=O)c1ccc(N2C(=O)C[C@H](N3CCN(CCO)CC3)C2=O)cc1. The Hall–Kier alpha value is -2.29. The van der Waals surface area contributed by atoms with E-state index in [1.807, 2.05) is 4.90 Å². The smallest absolute Gasteiger partial charge is 0.337 e. The predicted molar refractivity (Wildman–Crippen MR) is 93.8 cm³/mol. The lowest BCUT2D eigenvalue weighted by Crippen LogP contribution is -2.52. The van der Waals surface area contributed by atoms with E-state index in [0.29, 0.717) is 30.9 Å². The summed E-state index contributed by atoms with van der Waals surface area (Å²) in [6, 6.07) is 5.82. The number of imide groups is 1. The zero-order valence-corrected chi connectivity index (χ0v) is 14.8. The van der Waals surface area contributed by atoms with Gasteiger partial charge in [-0.2, -0.15) is 0 Å². The molecule has 1 aromatic rings. The Morgan fingerprint density at radius 2 is 1.81 bits per heavy atom. The van der Waals surface area contributed by atoms with E-state index >= 15 is 0 Å². The number of amides is 2. The first-order valence-electron chi connectivity index (χ1n) is 8.67. The molecule has 26 heavy (non-hydrogen) atoms. The van der Waals surface area contributed by atoms with Crippen LogP contribution in [0.1, 0.15) is 16.8 Å². The number of piperazine rings is 1. The molecule has 2 aliphatic heterocycles. The van der Waals surface area contributed by atoms with Gasteiger partial charge in [0.05, 0.1) is 37.4 Å². The zero-order valence-electron chi connectivity index (χ0n) is 14.8. The second-order valence-corrected chi connectivity index (χ2v) is 6.43. The van der Waals surface area contributed by atoms with Crippen LogP contribution in [-0.2, 0) is 14.3 Å². The predicted octanol–water partition coefficient (Wildman–Crippen LogP) is -0.285. The molecule has 0 saturated carbocycles. The summed E-state index contributed by atoms with van der Waals surface area (Å²) >= 11 is 0. The molecule has 0 radical (unpaired) electrons. The number of hydrogen-bond donors (Lipinski definition) is 1. The van der Waals surface area contributed by atoms with Crippen LogP contribution in [0.2, 0.25) is 0 Å². The summed E-state index contributed by atoms with van der Waals surface area (Å²) < 4.78 is 4.65. The van der Waals surface area contributed by atoms with Crippen LogP contribution in [0.25, 0.3) is 0 Å². The minimum atomic E-state index is -0.464. The van der Waals surface area contributed by atoms with Crippen LogP contribution in [0.3, 0.4) is 0 Å². The van der Waals surface area contributed by atoms with Gasteiger partial charge in [0, 0.05) is 32.7 Å². The highest BCUT2D eigenvalue weighted by Gasteiger charge is 2.43. The minimum absolute atomic E-state index is 0.121. The number of anilines is 1. The summed E-state index contributed by atoms with van der Waals surface area (Å²) in [6.07, 6.45) is 0.164. The summed E-state index contributed by atoms with van der Waals surface area (Å²) in [5.74, 6) is -0.922. The maximum absolute atomic E-state index is 12.8. The average molecular weight is 361 g/mol. The number of carbonyl (C=O) groups is 3. The summed E-state index contributed by atoms with van der Waals surface area (Å²) in [5, 5.41) is 9.01. The molecular formula is C18H23N3O5. The number of esters is 1. The standard InChI is InChI=1S/C18H23N3O5/c1-26-18(25)13-2-4-14(5-3-13)21-16(23)12-15(17(21)24)20-8-6-19(7-9-20)10-11-22/h2-5,15,22H,6-12H2,1H3/t15-/m0/s1.